The Hall–Kier alpha value is -5.09. The number of para-hydroxylation sites is 2. The molecule has 2 aromatic heterocycles. The lowest BCUT2D eigenvalue weighted by Crippen LogP contribution is -2.25. The molecule has 4 rings (SSSR count). The van der Waals surface area contributed by atoms with Crippen molar-refractivity contribution < 1.29 is 42.9 Å². The van der Waals surface area contributed by atoms with E-state index >= 15 is 0 Å². The highest BCUT2D eigenvalue weighted by Crippen LogP contribution is 2.35. The minimum Gasteiger partial charge on any atom is -0.497 e. The summed E-state index contributed by atoms with van der Waals surface area (Å²) in [5.41, 5.74) is 1.35. The quantitative estimate of drug-likeness (QED) is 0.130. The van der Waals surface area contributed by atoms with Gasteiger partial charge in [-0.25, -0.2) is 9.59 Å². The van der Waals surface area contributed by atoms with Crippen molar-refractivity contribution in [2.45, 2.75) is 32.5 Å². The van der Waals surface area contributed by atoms with Crippen LogP contribution in [0, 0.1) is 6.92 Å². The molecule has 0 unspecified atom stereocenters. The lowest BCUT2D eigenvalue weighted by molar-refractivity contribution is -0.113. The number of anilines is 1. The summed E-state index contributed by atoms with van der Waals surface area (Å²) in [5, 5.41) is 14.7. The smallest absolute Gasteiger partial charge is 0.348 e. The number of hydrogen-bond acceptors (Lipinski definition) is 13. The van der Waals surface area contributed by atoms with Gasteiger partial charge in [-0.05, 0) is 50.6 Å². The van der Waals surface area contributed by atoms with Crippen molar-refractivity contribution in [1.29, 1.82) is 0 Å². The third-order valence-electron chi connectivity index (χ3n) is 6.72. The van der Waals surface area contributed by atoms with Crippen LogP contribution >= 0.6 is 23.1 Å². The Balaban J connectivity index is 1.58. The highest BCUT2D eigenvalue weighted by Gasteiger charge is 2.28. The maximum atomic E-state index is 13.2. The molecule has 0 aliphatic rings. The van der Waals surface area contributed by atoms with Crippen LogP contribution in [0.15, 0.2) is 47.6 Å². The van der Waals surface area contributed by atoms with Crippen LogP contribution in [0.2, 0.25) is 0 Å². The molecule has 2 N–H and O–H groups in total. The zero-order chi connectivity index (χ0) is 34.8. The summed E-state index contributed by atoms with van der Waals surface area (Å²) in [6.45, 7) is 5.17. The van der Waals surface area contributed by atoms with Crippen LogP contribution in [0.25, 0.3) is 5.69 Å². The van der Waals surface area contributed by atoms with Gasteiger partial charge in [-0.3, -0.25) is 14.2 Å². The van der Waals surface area contributed by atoms with E-state index in [2.05, 4.69) is 20.8 Å². The molecule has 0 saturated heterocycles. The second kappa shape index (κ2) is 16.6. The van der Waals surface area contributed by atoms with Gasteiger partial charge in [0, 0.05) is 11.6 Å². The topological polar surface area (TPSA) is 169 Å². The molecule has 16 heteroatoms. The normalized spacial score (nSPS) is 10.6. The molecule has 0 bridgehead atoms. The van der Waals surface area contributed by atoms with Gasteiger partial charge in [-0.1, -0.05) is 23.9 Å². The number of carbonyl (C=O) groups is 4. The molecule has 14 nitrogen and oxygen atoms in total. The number of thiophene rings is 1. The van der Waals surface area contributed by atoms with E-state index in [9.17, 15) is 19.2 Å². The SMILES string of the molecule is CCOC(=O)c1sc(NC(=O)CSc2nnc(CNC(=O)c3cc(OC)cc(OC)c3)n2-c2ccccc2OC)c(C(=O)OCC)c1C. The van der Waals surface area contributed by atoms with Crippen LogP contribution in [0.1, 0.15) is 55.6 Å². The van der Waals surface area contributed by atoms with E-state index in [1.807, 2.05) is 0 Å². The number of aromatic nitrogens is 3. The Morgan fingerprint density at radius 1 is 0.896 bits per heavy atom. The molecule has 0 fully saturated rings. The molecule has 0 saturated carbocycles. The number of benzene rings is 2. The monoisotopic (exact) mass is 697 g/mol. The molecule has 0 aliphatic carbocycles. The van der Waals surface area contributed by atoms with Crippen LogP contribution in [0.5, 0.6) is 17.2 Å². The summed E-state index contributed by atoms with van der Waals surface area (Å²) in [7, 11) is 4.51. The molecule has 4 aromatic rings. The third-order valence-corrected chi connectivity index (χ3v) is 8.84. The van der Waals surface area contributed by atoms with Crippen LogP contribution < -0.4 is 24.8 Å². The highest BCUT2D eigenvalue weighted by molar-refractivity contribution is 7.99. The zero-order valence-corrected chi connectivity index (χ0v) is 28.8. The van der Waals surface area contributed by atoms with E-state index in [0.717, 1.165) is 23.1 Å². The lowest BCUT2D eigenvalue weighted by Gasteiger charge is -2.14. The number of nitrogens with one attached hydrogen (secondary N) is 2. The molecular formula is C32H35N5O9S2. The second-order valence-corrected chi connectivity index (χ2v) is 11.7. The van der Waals surface area contributed by atoms with Crippen molar-refractivity contribution >= 4 is 51.9 Å². The van der Waals surface area contributed by atoms with Crippen LogP contribution in [-0.2, 0) is 20.8 Å². The first-order valence-corrected chi connectivity index (χ1v) is 16.4. The second-order valence-electron chi connectivity index (χ2n) is 9.73. The molecule has 0 spiro atoms. The summed E-state index contributed by atoms with van der Waals surface area (Å²) in [6, 6.07) is 12.0. The molecule has 0 aliphatic heterocycles. The summed E-state index contributed by atoms with van der Waals surface area (Å²) < 4.78 is 28.1. The van der Waals surface area contributed by atoms with E-state index < -0.39 is 23.8 Å². The van der Waals surface area contributed by atoms with Gasteiger partial charge in [0.05, 0.1) is 58.1 Å². The maximum Gasteiger partial charge on any atom is 0.348 e. The van der Waals surface area contributed by atoms with Crippen LogP contribution in [0.4, 0.5) is 5.00 Å². The third kappa shape index (κ3) is 8.24. The molecule has 2 heterocycles. The largest absolute Gasteiger partial charge is 0.497 e. The first-order chi connectivity index (χ1) is 23.1. The Morgan fingerprint density at radius 2 is 1.56 bits per heavy atom. The molecule has 2 aromatic carbocycles. The van der Waals surface area contributed by atoms with E-state index in [4.69, 9.17) is 23.7 Å². The number of nitrogens with zero attached hydrogens (tertiary/aromatic N) is 3. The highest BCUT2D eigenvalue weighted by atomic mass is 32.2. The standard InChI is InChI=1S/C32H35N5O9S2/c1-7-45-30(40)26-18(3)27(31(41)46-8-2)48-29(26)34-25(38)17-47-32-36-35-24(37(32)22-11-9-10-12-23(22)44-6)16-33-28(39)19-13-20(42-4)15-21(14-19)43-5/h9-15H,7-8,16-17H2,1-6H3,(H,33,39)(H,34,38). The van der Waals surface area contributed by atoms with Crippen molar-refractivity contribution in [2.75, 3.05) is 45.6 Å². The van der Waals surface area contributed by atoms with Gasteiger partial charge in [0.1, 0.15) is 27.1 Å². The average Bonchev–Trinajstić information content (AvgIpc) is 3.65. The number of methoxy groups -OCH3 is 3. The van der Waals surface area contributed by atoms with Gasteiger partial charge in [-0.2, -0.15) is 0 Å². The molecule has 2 amide bonds. The summed E-state index contributed by atoms with van der Waals surface area (Å²) in [5.74, 6) is -0.501. The molecular weight excluding hydrogens is 663 g/mol. The number of thioether (sulfide) groups is 1. The molecule has 0 atom stereocenters. The zero-order valence-electron chi connectivity index (χ0n) is 27.2. The fourth-order valence-corrected chi connectivity index (χ4v) is 6.37. The Labute approximate surface area is 285 Å². The van der Waals surface area contributed by atoms with Gasteiger partial charge in [0.2, 0.25) is 5.91 Å². The number of hydrogen-bond donors (Lipinski definition) is 2. The van der Waals surface area contributed by atoms with Crippen molar-refractivity contribution in [3.8, 4) is 22.9 Å². The van der Waals surface area contributed by atoms with E-state index in [-0.39, 0.29) is 41.0 Å². The summed E-state index contributed by atoms with van der Waals surface area (Å²) in [4.78, 5) is 51.8. The van der Waals surface area contributed by atoms with Gasteiger partial charge in [-0.15, -0.1) is 21.5 Å². The molecule has 254 valence electrons. The molecule has 0 radical (unpaired) electrons. The van der Waals surface area contributed by atoms with E-state index in [1.165, 1.54) is 21.3 Å². The number of esters is 2. The van der Waals surface area contributed by atoms with Gasteiger partial charge in [0.25, 0.3) is 5.91 Å². The maximum absolute atomic E-state index is 13.2. The Morgan fingerprint density at radius 3 is 2.21 bits per heavy atom. The molecule has 48 heavy (non-hydrogen) atoms. The van der Waals surface area contributed by atoms with Crippen LogP contribution in [-0.4, -0.2) is 78.8 Å². The number of carbonyl (C=O) groups excluding carboxylic acids is 4. The van der Waals surface area contributed by atoms with Crippen molar-refractivity contribution in [3.63, 3.8) is 0 Å². The Bertz CT molecular complexity index is 1780. The predicted octanol–water partition coefficient (Wildman–Crippen LogP) is 4.68. The van der Waals surface area contributed by atoms with Crippen molar-refractivity contribution in [1.82, 2.24) is 20.1 Å². The Kier molecular flexibility index (Phi) is 12.4. The van der Waals surface area contributed by atoms with E-state index in [1.54, 1.807) is 67.8 Å². The van der Waals surface area contributed by atoms with Gasteiger partial charge in [0.15, 0.2) is 11.0 Å². The van der Waals surface area contributed by atoms with Crippen molar-refractivity contribution in [3.05, 3.63) is 69.9 Å². The minimum atomic E-state index is -0.667. The first-order valence-electron chi connectivity index (χ1n) is 14.6. The van der Waals surface area contributed by atoms with Gasteiger partial charge < -0.3 is 34.3 Å². The van der Waals surface area contributed by atoms with Gasteiger partial charge >= 0.3 is 11.9 Å². The summed E-state index contributed by atoms with van der Waals surface area (Å²) in [6.07, 6.45) is 0. The summed E-state index contributed by atoms with van der Waals surface area (Å²) >= 11 is 2.01. The van der Waals surface area contributed by atoms with Crippen molar-refractivity contribution in [2.24, 2.45) is 0 Å². The average molecular weight is 698 g/mol. The minimum absolute atomic E-state index is 0.0236. The van der Waals surface area contributed by atoms with Crippen LogP contribution in [0.3, 0.4) is 0 Å². The predicted molar refractivity (Wildman–Crippen MR) is 179 cm³/mol. The lowest BCUT2D eigenvalue weighted by atomic mass is 10.1. The van der Waals surface area contributed by atoms with E-state index in [0.29, 0.717) is 45.0 Å². The number of ether oxygens (including phenoxy) is 5. The fraction of sp³-hybridized carbons (Fsp3) is 0.312. The first kappa shape index (κ1) is 35.8. The number of rotatable bonds is 15. The fourth-order valence-electron chi connectivity index (χ4n) is 4.50. The number of amides is 2.